The average Bonchev–Trinajstić information content (AvgIpc) is 2.49. The van der Waals surface area contributed by atoms with E-state index in [1.807, 2.05) is 0 Å². The van der Waals surface area contributed by atoms with Gasteiger partial charge in [-0.15, -0.1) is 0 Å². The molecule has 0 bridgehead atoms. The third kappa shape index (κ3) is 5.53. The quantitative estimate of drug-likeness (QED) is 0.725. The van der Waals surface area contributed by atoms with Crippen LogP contribution in [0.5, 0.6) is 0 Å². The van der Waals surface area contributed by atoms with Crippen LogP contribution in [0, 0.1) is 5.92 Å². The third-order valence-electron chi connectivity index (χ3n) is 4.99. The van der Waals surface area contributed by atoms with Gasteiger partial charge in [-0.3, -0.25) is 0 Å². The molecule has 2 saturated heterocycles. The molecule has 0 amide bonds. The lowest BCUT2D eigenvalue weighted by molar-refractivity contribution is 0.228. The van der Waals surface area contributed by atoms with Gasteiger partial charge in [-0.25, -0.2) is 12.7 Å². The maximum absolute atomic E-state index is 12.4. The molecule has 0 unspecified atom stereocenters. The van der Waals surface area contributed by atoms with Crippen molar-refractivity contribution in [3.8, 4) is 0 Å². The van der Waals surface area contributed by atoms with Crippen molar-refractivity contribution in [3.05, 3.63) is 0 Å². The highest BCUT2D eigenvalue weighted by atomic mass is 32.2. The Morgan fingerprint density at radius 2 is 1.67 bits per heavy atom. The number of rotatable bonds is 7. The minimum atomic E-state index is -3.02. The monoisotopic (exact) mass is 316 g/mol. The molecule has 0 spiro atoms. The molecule has 0 radical (unpaired) electrons. The highest BCUT2D eigenvalue weighted by Gasteiger charge is 2.27. The second kappa shape index (κ2) is 8.49. The maximum atomic E-state index is 12.4. The fraction of sp³-hybridized carbons (Fsp3) is 1.00. The predicted octanol–water partition coefficient (Wildman–Crippen LogP) is 2.70. The first-order chi connectivity index (χ1) is 10.1. The van der Waals surface area contributed by atoms with Crippen molar-refractivity contribution < 1.29 is 8.42 Å². The van der Waals surface area contributed by atoms with Crippen LogP contribution in [0.1, 0.15) is 58.3 Å². The Labute approximate surface area is 130 Å². The van der Waals surface area contributed by atoms with E-state index in [1.54, 1.807) is 4.31 Å². The van der Waals surface area contributed by atoms with Crippen molar-refractivity contribution in [3.63, 3.8) is 0 Å². The standard InChI is InChI=1S/C16H32N2O2S/c1-2-7-16-8-13-18(14-9-16)21(19,20)15-6-12-17-10-4-3-5-11-17/h16H,2-15H2,1H3. The molecule has 21 heavy (non-hydrogen) atoms. The SMILES string of the molecule is CCCC1CCN(S(=O)(=O)CCCN2CCCCC2)CC1. The minimum absolute atomic E-state index is 0.335. The molecule has 0 aromatic heterocycles. The lowest BCUT2D eigenvalue weighted by Crippen LogP contribution is -2.40. The second-order valence-electron chi connectivity index (χ2n) is 6.70. The first-order valence-electron chi connectivity index (χ1n) is 8.82. The molecule has 2 aliphatic rings. The van der Waals surface area contributed by atoms with Gasteiger partial charge in [-0.1, -0.05) is 26.2 Å². The van der Waals surface area contributed by atoms with E-state index in [2.05, 4.69) is 11.8 Å². The smallest absolute Gasteiger partial charge is 0.214 e. The van der Waals surface area contributed by atoms with Gasteiger partial charge in [0.1, 0.15) is 0 Å². The van der Waals surface area contributed by atoms with Crippen LogP contribution >= 0.6 is 0 Å². The molecular weight excluding hydrogens is 284 g/mol. The van der Waals surface area contributed by atoms with Gasteiger partial charge in [0.15, 0.2) is 0 Å². The molecule has 0 aromatic rings. The van der Waals surface area contributed by atoms with E-state index in [0.29, 0.717) is 5.75 Å². The topological polar surface area (TPSA) is 40.6 Å². The summed E-state index contributed by atoms with van der Waals surface area (Å²) < 4.78 is 26.5. The largest absolute Gasteiger partial charge is 0.303 e. The Balaban J connectivity index is 1.69. The summed E-state index contributed by atoms with van der Waals surface area (Å²) in [5, 5.41) is 0. The molecule has 0 N–H and O–H groups in total. The van der Waals surface area contributed by atoms with Crippen LogP contribution in [0.2, 0.25) is 0 Å². The number of piperidine rings is 2. The number of nitrogens with zero attached hydrogens (tertiary/aromatic N) is 2. The Morgan fingerprint density at radius 3 is 2.29 bits per heavy atom. The fourth-order valence-electron chi connectivity index (χ4n) is 3.67. The molecule has 2 rings (SSSR count). The maximum Gasteiger partial charge on any atom is 0.214 e. The van der Waals surface area contributed by atoms with Crippen molar-refractivity contribution in [1.82, 2.24) is 9.21 Å². The normalized spacial score (nSPS) is 23.5. The molecule has 0 atom stereocenters. The van der Waals surface area contributed by atoms with Crippen molar-refractivity contribution in [2.24, 2.45) is 5.92 Å². The zero-order valence-electron chi connectivity index (χ0n) is 13.6. The summed E-state index contributed by atoms with van der Waals surface area (Å²) >= 11 is 0. The van der Waals surface area contributed by atoms with E-state index in [9.17, 15) is 8.42 Å². The minimum Gasteiger partial charge on any atom is -0.303 e. The molecule has 0 aromatic carbocycles. The lowest BCUT2D eigenvalue weighted by Gasteiger charge is -2.31. The van der Waals surface area contributed by atoms with Gasteiger partial charge in [0.05, 0.1) is 5.75 Å². The van der Waals surface area contributed by atoms with Gasteiger partial charge in [0.25, 0.3) is 0 Å². The molecule has 2 aliphatic heterocycles. The highest BCUT2D eigenvalue weighted by Crippen LogP contribution is 2.23. The van der Waals surface area contributed by atoms with Crippen molar-refractivity contribution in [1.29, 1.82) is 0 Å². The molecule has 2 heterocycles. The number of hydrogen-bond donors (Lipinski definition) is 0. The summed E-state index contributed by atoms with van der Waals surface area (Å²) in [6.45, 7) is 6.97. The van der Waals surface area contributed by atoms with Crippen LogP contribution in [-0.2, 0) is 10.0 Å². The molecular formula is C16H32N2O2S. The summed E-state index contributed by atoms with van der Waals surface area (Å²) in [5.41, 5.74) is 0. The molecule has 0 aliphatic carbocycles. The first-order valence-corrected chi connectivity index (χ1v) is 10.4. The van der Waals surface area contributed by atoms with Gasteiger partial charge < -0.3 is 4.90 Å². The van der Waals surface area contributed by atoms with E-state index in [0.717, 1.165) is 57.9 Å². The first kappa shape index (κ1) is 17.2. The Hall–Kier alpha value is -0.130. The molecule has 5 heteroatoms. The summed E-state index contributed by atoms with van der Waals surface area (Å²) in [6.07, 6.45) is 9.25. The third-order valence-corrected chi connectivity index (χ3v) is 6.95. The zero-order chi connectivity index (χ0) is 15.1. The van der Waals surface area contributed by atoms with Crippen molar-refractivity contribution in [2.75, 3.05) is 38.5 Å². The molecule has 124 valence electrons. The fourth-order valence-corrected chi connectivity index (χ4v) is 5.19. The van der Waals surface area contributed by atoms with E-state index >= 15 is 0 Å². The molecule has 4 nitrogen and oxygen atoms in total. The van der Waals surface area contributed by atoms with Gasteiger partial charge in [-0.05, 0) is 57.7 Å². The van der Waals surface area contributed by atoms with Crippen LogP contribution in [0.25, 0.3) is 0 Å². The van der Waals surface area contributed by atoms with Crippen LogP contribution in [0.4, 0.5) is 0 Å². The number of hydrogen-bond acceptors (Lipinski definition) is 3. The van der Waals surface area contributed by atoms with Gasteiger partial charge in [-0.2, -0.15) is 0 Å². The Kier molecular flexibility index (Phi) is 6.96. The highest BCUT2D eigenvalue weighted by molar-refractivity contribution is 7.89. The predicted molar refractivity (Wildman–Crippen MR) is 87.9 cm³/mol. The van der Waals surface area contributed by atoms with Crippen LogP contribution < -0.4 is 0 Å². The van der Waals surface area contributed by atoms with Gasteiger partial charge in [0.2, 0.25) is 10.0 Å². The van der Waals surface area contributed by atoms with E-state index in [4.69, 9.17) is 0 Å². The lowest BCUT2D eigenvalue weighted by atomic mass is 9.94. The summed E-state index contributed by atoms with van der Waals surface area (Å²) in [7, 11) is -3.02. The Morgan fingerprint density at radius 1 is 1.00 bits per heavy atom. The van der Waals surface area contributed by atoms with E-state index < -0.39 is 10.0 Å². The van der Waals surface area contributed by atoms with Crippen LogP contribution in [0.15, 0.2) is 0 Å². The van der Waals surface area contributed by atoms with Gasteiger partial charge >= 0.3 is 0 Å². The van der Waals surface area contributed by atoms with Crippen molar-refractivity contribution >= 4 is 10.0 Å². The van der Waals surface area contributed by atoms with E-state index in [1.165, 1.54) is 32.1 Å². The number of sulfonamides is 1. The van der Waals surface area contributed by atoms with E-state index in [-0.39, 0.29) is 0 Å². The summed E-state index contributed by atoms with van der Waals surface area (Å²) in [4.78, 5) is 2.42. The second-order valence-corrected chi connectivity index (χ2v) is 8.79. The average molecular weight is 317 g/mol. The van der Waals surface area contributed by atoms with Crippen molar-refractivity contribution in [2.45, 2.75) is 58.3 Å². The molecule has 0 saturated carbocycles. The summed E-state index contributed by atoms with van der Waals surface area (Å²) in [6, 6.07) is 0. The number of likely N-dealkylation sites (tertiary alicyclic amines) is 1. The van der Waals surface area contributed by atoms with Crippen LogP contribution in [0.3, 0.4) is 0 Å². The van der Waals surface area contributed by atoms with Crippen LogP contribution in [-0.4, -0.2) is 56.1 Å². The Bertz CT molecular complexity index is 383. The van der Waals surface area contributed by atoms with Gasteiger partial charge in [0, 0.05) is 13.1 Å². The zero-order valence-corrected chi connectivity index (χ0v) is 14.4. The molecule has 2 fully saturated rings. The summed E-state index contributed by atoms with van der Waals surface area (Å²) in [5.74, 6) is 1.08.